The molecule has 0 aliphatic rings. The van der Waals surface area contributed by atoms with Crippen LogP contribution in [0.4, 0.5) is 5.82 Å². The maximum Gasteiger partial charge on any atom is 0.328 e. The molecule has 8 nitrogen and oxygen atoms in total. The monoisotopic (exact) mass is 398 g/mol. The fraction of sp³-hybridized carbons (Fsp3) is 0.476. The summed E-state index contributed by atoms with van der Waals surface area (Å²) in [5.41, 5.74) is 8.86. The number of aromatic nitrogens is 4. The van der Waals surface area contributed by atoms with Crippen molar-refractivity contribution in [3.05, 3.63) is 45.9 Å². The maximum absolute atomic E-state index is 12.5. The van der Waals surface area contributed by atoms with Gasteiger partial charge in [0.15, 0.2) is 11.5 Å². The molecular formula is C21H30N6O2. The molecule has 0 saturated heterocycles. The molecule has 0 bridgehead atoms. The number of aromatic amines is 1. The molecule has 2 aromatic heterocycles. The van der Waals surface area contributed by atoms with Gasteiger partial charge in [0.05, 0.1) is 13.2 Å². The van der Waals surface area contributed by atoms with Crippen LogP contribution in [0.5, 0.6) is 6.01 Å². The molecular weight excluding hydrogens is 368 g/mol. The van der Waals surface area contributed by atoms with Crippen LogP contribution in [0.15, 0.2) is 29.1 Å². The summed E-state index contributed by atoms with van der Waals surface area (Å²) in [6, 6.07) is 8.37. The first kappa shape index (κ1) is 20.9. The van der Waals surface area contributed by atoms with Crippen molar-refractivity contribution in [3.63, 3.8) is 0 Å². The first-order valence-corrected chi connectivity index (χ1v) is 9.98. The Balaban J connectivity index is 1.82. The number of nitrogens with zero attached hydrogens (tertiary/aromatic N) is 3. The van der Waals surface area contributed by atoms with E-state index in [9.17, 15) is 4.79 Å². The van der Waals surface area contributed by atoms with E-state index in [0.717, 1.165) is 24.9 Å². The molecule has 0 aliphatic carbocycles. The normalized spacial score (nSPS) is 11.9. The van der Waals surface area contributed by atoms with Gasteiger partial charge in [0.25, 0.3) is 0 Å². The van der Waals surface area contributed by atoms with Gasteiger partial charge < -0.3 is 20.8 Å². The predicted molar refractivity (Wildman–Crippen MR) is 115 cm³/mol. The number of imidazole rings is 1. The second-order valence-corrected chi connectivity index (χ2v) is 8.23. The van der Waals surface area contributed by atoms with Crippen molar-refractivity contribution in [1.29, 1.82) is 0 Å². The van der Waals surface area contributed by atoms with Crippen molar-refractivity contribution < 1.29 is 4.74 Å². The highest BCUT2D eigenvalue weighted by Gasteiger charge is 2.15. The molecule has 3 aromatic rings. The lowest BCUT2D eigenvalue weighted by molar-refractivity contribution is 0.286. The highest BCUT2D eigenvalue weighted by molar-refractivity contribution is 5.81. The van der Waals surface area contributed by atoms with Gasteiger partial charge in [0, 0.05) is 12.1 Å². The third-order valence-corrected chi connectivity index (χ3v) is 4.55. The van der Waals surface area contributed by atoms with Gasteiger partial charge in [0.1, 0.15) is 5.52 Å². The number of nitrogens with one attached hydrogen (secondary N) is 2. The standard InChI is InChI=1S/C21H30N6O2/c1-5-6-11-29-19-25-17(22)16-18(26-19)27(20(28)24-16)13-15-9-7-14(8-10-15)12-23-21(2,3)4/h7-10,23H,5-6,11-13H2,1-4H3,(H,24,28)(H2,22,25,26). The van der Waals surface area contributed by atoms with E-state index in [0.29, 0.717) is 24.3 Å². The number of hydrogen-bond donors (Lipinski definition) is 3. The Morgan fingerprint density at radius 2 is 1.86 bits per heavy atom. The number of unbranched alkanes of at least 4 members (excludes halogenated alkanes) is 1. The zero-order chi connectivity index (χ0) is 21.0. The lowest BCUT2D eigenvalue weighted by Crippen LogP contribution is -2.35. The van der Waals surface area contributed by atoms with Crippen molar-refractivity contribution in [2.45, 2.75) is 59.2 Å². The van der Waals surface area contributed by atoms with E-state index in [1.165, 1.54) is 5.56 Å². The SMILES string of the molecule is CCCCOc1nc(N)c2[nH]c(=O)n(Cc3ccc(CNC(C)(C)C)cc3)c2n1. The number of H-pyrrole nitrogens is 1. The molecule has 0 amide bonds. The fourth-order valence-electron chi connectivity index (χ4n) is 2.86. The Kier molecular flexibility index (Phi) is 6.22. The van der Waals surface area contributed by atoms with E-state index in [-0.39, 0.29) is 23.1 Å². The molecule has 3 rings (SSSR count). The zero-order valence-corrected chi connectivity index (χ0v) is 17.6. The van der Waals surface area contributed by atoms with E-state index < -0.39 is 0 Å². The summed E-state index contributed by atoms with van der Waals surface area (Å²) in [5.74, 6) is 0.209. The molecule has 0 aliphatic heterocycles. The maximum atomic E-state index is 12.5. The molecule has 29 heavy (non-hydrogen) atoms. The molecule has 0 spiro atoms. The Labute approximate surface area is 170 Å². The van der Waals surface area contributed by atoms with Gasteiger partial charge in [-0.2, -0.15) is 9.97 Å². The van der Waals surface area contributed by atoms with E-state index in [1.54, 1.807) is 4.57 Å². The number of hydrogen-bond acceptors (Lipinski definition) is 6. The lowest BCUT2D eigenvalue weighted by atomic mass is 10.1. The van der Waals surface area contributed by atoms with Gasteiger partial charge in [-0.3, -0.25) is 4.57 Å². The van der Waals surface area contributed by atoms with Crippen LogP contribution in [0, 0.1) is 0 Å². The van der Waals surface area contributed by atoms with Crippen molar-refractivity contribution in [1.82, 2.24) is 24.8 Å². The summed E-state index contributed by atoms with van der Waals surface area (Å²) >= 11 is 0. The minimum Gasteiger partial charge on any atom is -0.463 e. The molecule has 2 heterocycles. The zero-order valence-electron chi connectivity index (χ0n) is 17.6. The van der Waals surface area contributed by atoms with Crippen molar-refractivity contribution in [2.75, 3.05) is 12.3 Å². The largest absolute Gasteiger partial charge is 0.463 e. The van der Waals surface area contributed by atoms with Gasteiger partial charge in [0.2, 0.25) is 0 Å². The third kappa shape index (κ3) is 5.35. The summed E-state index contributed by atoms with van der Waals surface area (Å²) in [4.78, 5) is 23.8. The molecule has 4 N–H and O–H groups in total. The predicted octanol–water partition coefficient (Wildman–Crippen LogP) is 2.82. The Hall–Kier alpha value is -2.87. The molecule has 0 atom stereocenters. The Morgan fingerprint density at radius 3 is 2.52 bits per heavy atom. The summed E-state index contributed by atoms with van der Waals surface area (Å²) in [5, 5.41) is 3.46. The van der Waals surface area contributed by atoms with E-state index in [1.807, 2.05) is 12.1 Å². The van der Waals surface area contributed by atoms with Gasteiger partial charge >= 0.3 is 11.7 Å². The van der Waals surface area contributed by atoms with E-state index in [4.69, 9.17) is 10.5 Å². The molecule has 8 heteroatoms. The summed E-state index contributed by atoms with van der Waals surface area (Å²) < 4.78 is 7.14. The minimum atomic E-state index is -0.273. The highest BCUT2D eigenvalue weighted by Crippen LogP contribution is 2.19. The molecule has 0 fully saturated rings. The average Bonchev–Trinajstić information content (AvgIpc) is 2.97. The number of nitrogens with two attached hydrogens (primary N) is 1. The molecule has 0 saturated carbocycles. The first-order valence-electron chi connectivity index (χ1n) is 9.98. The molecule has 0 radical (unpaired) electrons. The molecule has 0 unspecified atom stereocenters. The van der Waals surface area contributed by atoms with Crippen LogP contribution in [0.1, 0.15) is 51.7 Å². The number of rotatable bonds is 8. The topological polar surface area (TPSA) is 111 Å². The molecule has 1 aromatic carbocycles. The second-order valence-electron chi connectivity index (χ2n) is 8.23. The fourth-order valence-corrected chi connectivity index (χ4v) is 2.86. The summed E-state index contributed by atoms with van der Waals surface area (Å²) in [7, 11) is 0. The van der Waals surface area contributed by atoms with Crippen LogP contribution in [-0.4, -0.2) is 31.7 Å². The number of fused-ring (bicyclic) bond motifs is 1. The lowest BCUT2D eigenvalue weighted by Gasteiger charge is -2.20. The van der Waals surface area contributed by atoms with E-state index in [2.05, 4.69) is 60.1 Å². The minimum absolute atomic E-state index is 0.0621. The van der Waals surface area contributed by atoms with Gasteiger partial charge in [-0.05, 0) is 38.3 Å². The molecule has 156 valence electrons. The average molecular weight is 399 g/mol. The highest BCUT2D eigenvalue weighted by atomic mass is 16.5. The van der Waals surface area contributed by atoms with Crippen LogP contribution in [0.25, 0.3) is 11.2 Å². The van der Waals surface area contributed by atoms with Gasteiger partial charge in [-0.15, -0.1) is 0 Å². The number of benzene rings is 1. The second kappa shape index (κ2) is 8.65. The van der Waals surface area contributed by atoms with Crippen LogP contribution >= 0.6 is 0 Å². The van der Waals surface area contributed by atoms with Crippen molar-refractivity contribution in [2.24, 2.45) is 0 Å². The van der Waals surface area contributed by atoms with Crippen molar-refractivity contribution >= 4 is 17.0 Å². The van der Waals surface area contributed by atoms with Crippen LogP contribution in [0.3, 0.4) is 0 Å². The Bertz CT molecular complexity index is 1010. The Morgan fingerprint density at radius 1 is 1.17 bits per heavy atom. The van der Waals surface area contributed by atoms with Crippen LogP contribution in [-0.2, 0) is 13.1 Å². The van der Waals surface area contributed by atoms with Crippen molar-refractivity contribution in [3.8, 4) is 6.01 Å². The third-order valence-electron chi connectivity index (χ3n) is 4.55. The first-order chi connectivity index (χ1) is 13.8. The number of nitrogen functional groups attached to an aromatic ring is 1. The number of ether oxygens (including phenoxy) is 1. The van der Waals surface area contributed by atoms with Gasteiger partial charge in [-0.1, -0.05) is 37.6 Å². The van der Waals surface area contributed by atoms with Gasteiger partial charge in [-0.25, -0.2) is 4.79 Å². The van der Waals surface area contributed by atoms with Crippen LogP contribution in [0.2, 0.25) is 0 Å². The smallest absolute Gasteiger partial charge is 0.328 e. The summed E-state index contributed by atoms with van der Waals surface area (Å²) in [6.07, 6.45) is 1.91. The quantitative estimate of drug-likeness (QED) is 0.503. The van der Waals surface area contributed by atoms with Crippen LogP contribution < -0.4 is 21.5 Å². The number of anilines is 1. The summed E-state index contributed by atoms with van der Waals surface area (Å²) in [6.45, 7) is 10.2. The van der Waals surface area contributed by atoms with E-state index >= 15 is 0 Å².